The van der Waals surface area contributed by atoms with Gasteiger partial charge in [0.1, 0.15) is 11.9 Å². The van der Waals surface area contributed by atoms with Crippen molar-refractivity contribution in [3.05, 3.63) is 161 Å². The summed E-state index contributed by atoms with van der Waals surface area (Å²) in [5.74, 6) is 1.34. The summed E-state index contributed by atoms with van der Waals surface area (Å²) < 4.78 is 41.2. The highest BCUT2D eigenvalue weighted by molar-refractivity contribution is 7.98. The lowest BCUT2D eigenvalue weighted by Gasteiger charge is -2.47. The molecular formula is C56H80O6SSi2. The molecule has 0 saturated heterocycles. The van der Waals surface area contributed by atoms with E-state index < -0.39 is 28.8 Å². The lowest BCUT2D eigenvalue weighted by molar-refractivity contribution is -0.105. The van der Waals surface area contributed by atoms with Gasteiger partial charge in [0.2, 0.25) is 0 Å². The molecular weight excluding hydrogens is 857 g/mol. The molecule has 1 unspecified atom stereocenters. The van der Waals surface area contributed by atoms with Crippen molar-refractivity contribution >= 4 is 38.8 Å². The van der Waals surface area contributed by atoms with Gasteiger partial charge < -0.3 is 27.8 Å². The second-order valence-electron chi connectivity index (χ2n) is 19.8. The average molecular weight is 937 g/mol. The lowest BCUT2D eigenvalue weighted by Crippen LogP contribution is -2.69. The predicted octanol–water partition coefficient (Wildman–Crippen LogP) is 13.5. The highest BCUT2D eigenvalue weighted by Gasteiger charge is 2.53. The number of hydrogen-bond donors (Lipinski definition) is 0. The van der Waals surface area contributed by atoms with Crippen LogP contribution in [0.2, 0.25) is 23.2 Å². The molecule has 0 bridgehead atoms. The summed E-state index contributed by atoms with van der Waals surface area (Å²) in [6.45, 7) is 28.7. The van der Waals surface area contributed by atoms with E-state index in [1.54, 1.807) is 18.9 Å². The minimum absolute atomic E-state index is 0.0670. The number of ether oxygens (including phenoxy) is 4. The molecule has 0 spiro atoms. The first-order valence-corrected chi connectivity index (χ1v) is 29.5. The molecule has 4 atom stereocenters. The zero-order valence-corrected chi connectivity index (χ0v) is 44.9. The van der Waals surface area contributed by atoms with Gasteiger partial charge in [-0.15, -0.1) is 11.8 Å². The fraction of sp³-hybridized carbons (Fsp3) is 0.464. The monoisotopic (exact) mass is 937 g/mol. The molecule has 0 fully saturated rings. The molecule has 0 amide bonds. The van der Waals surface area contributed by atoms with Crippen LogP contribution < -0.4 is 15.1 Å². The van der Waals surface area contributed by atoms with Crippen molar-refractivity contribution in [2.75, 3.05) is 25.9 Å². The summed E-state index contributed by atoms with van der Waals surface area (Å²) >= 11 is 1.67. The first-order chi connectivity index (χ1) is 30.9. The van der Waals surface area contributed by atoms with Crippen molar-refractivity contribution in [2.45, 2.75) is 143 Å². The van der Waals surface area contributed by atoms with E-state index in [0.717, 1.165) is 28.0 Å². The van der Waals surface area contributed by atoms with Crippen molar-refractivity contribution in [1.82, 2.24) is 0 Å². The Morgan fingerprint density at radius 1 is 0.646 bits per heavy atom. The molecule has 0 radical (unpaired) electrons. The first-order valence-electron chi connectivity index (χ1n) is 23.2. The molecule has 0 aliphatic rings. The summed E-state index contributed by atoms with van der Waals surface area (Å²) in [7, 11) is -3.57. The molecule has 0 aliphatic carbocycles. The smallest absolute Gasteiger partial charge is 0.262 e. The van der Waals surface area contributed by atoms with E-state index in [-0.39, 0.29) is 22.3 Å². The molecule has 0 aliphatic heterocycles. The summed E-state index contributed by atoms with van der Waals surface area (Å²) in [5.41, 5.74) is 5.65. The standard InChI is InChI=1S/C56H80O6SSi2/c1-15-44(3)51(61-64(13,14)55(5,6)7)38-32-45(4)53(62-65(56(8,9)10,49-27-21-17-22-28-49)50-29-23-18-24-30-50)54(59-41-46-25-19-16-20-26-46)52(60-42-63-12)37-31-43(2)39-58-40-47-33-35-48(57-11)36-34-47/h15-36,51-54H,37-42H2,1-14H3/b43-31-,44-15-,45-32+/t51-,52?,53-,54-/m1/s1. The molecule has 9 heteroatoms. The normalized spacial score (nSPS) is 15.4. The maximum absolute atomic E-state index is 8.22. The predicted molar refractivity (Wildman–Crippen MR) is 282 cm³/mol. The van der Waals surface area contributed by atoms with Crippen LogP contribution in [0.1, 0.15) is 93.2 Å². The summed E-state index contributed by atoms with van der Waals surface area (Å²) in [6.07, 6.45) is 8.82. The average Bonchev–Trinajstić information content (AvgIpc) is 3.29. The first kappa shape index (κ1) is 54.1. The van der Waals surface area contributed by atoms with E-state index in [4.69, 9.17) is 27.8 Å². The van der Waals surface area contributed by atoms with Crippen molar-refractivity contribution in [2.24, 2.45) is 0 Å². The molecule has 4 rings (SSSR count). The van der Waals surface area contributed by atoms with Crippen molar-refractivity contribution in [3.63, 3.8) is 0 Å². The fourth-order valence-electron chi connectivity index (χ4n) is 7.79. The van der Waals surface area contributed by atoms with Crippen molar-refractivity contribution in [3.8, 4) is 5.75 Å². The number of benzene rings is 4. The van der Waals surface area contributed by atoms with Crippen molar-refractivity contribution in [1.29, 1.82) is 0 Å². The molecule has 0 heterocycles. The van der Waals surface area contributed by atoms with Gasteiger partial charge in [-0.2, -0.15) is 0 Å². The maximum Gasteiger partial charge on any atom is 0.262 e. The zero-order valence-electron chi connectivity index (χ0n) is 42.1. The Bertz CT molecular complexity index is 2030. The summed E-state index contributed by atoms with van der Waals surface area (Å²) in [5, 5.41) is 2.22. The molecule has 0 aromatic heterocycles. The van der Waals surface area contributed by atoms with Crippen LogP contribution in [0.5, 0.6) is 5.75 Å². The van der Waals surface area contributed by atoms with Crippen LogP contribution in [0.3, 0.4) is 0 Å². The summed E-state index contributed by atoms with van der Waals surface area (Å²) in [4.78, 5) is 0. The third kappa shape index (κ3) is 15.5. The number of hydrogen-bond acceptors (Lipinski definition) is 7. The maximum atomic E-state index is 8.22. The molecule has 6 nitrogen and oxygen atoms in total. The van der Waals surface area contributed by atoms with E-state index in [0.29, 0.717) is 38.6 Å². The third-order valence-electron chi connectivity index (χ3n) is 12.8. The fourth-order valence-corrected chi connectivity index (χ4v) is 14.2. The Balaban J connectivity index is 1.91. The molecule has 0 saturated carbocycles. The Labute approximate surface area is 400 Å². The van der Waals surface area contributed by atoms with Gasteiger partial charge in [0.15, 0.2) is 8.32 Å². The van der Waals surface area contributed by atoms with Crippen molar-refractivity contribution < 1.29 is 27.8 Å². The van der Waals surface area contributed by atoms with Crippen LogP contribution in [-0.4, -0.2) is 67.0 Å². The lowest BCUT2D eigenvalue weighted by atomic mass is 9.96. The van der Waals surface area contributed by atoms with Gasteiger partial charge in [0, 0.05) is 0 Å². The quantitative estimate of drug-likeness (QED) is 0.0373. The highest BCUT2D eigenvalue weighted by Crippen LogP contribution is 2.41. The Morgan fingerprint density at radius 2 is 1.20 bits per heavy atom. The van der Waals surface area contributed by atoms with Gasteiger partial charge in [0.05, 0.1) is 51.2 Å². The van der Waals surface area contributed by atoms with Gasteiger partial charge in [-0.25, -0.2) is 0 Å². The number of rotatable bonds is 25. The van der Waals surface area contributed by atoms with Crippen LogP contribution in [0.15, 0.2) is 150 Å². The van der Waals surface area contributed by atoms with Gasteiger partial charge >= 0.3 is 0 Å². The molecule has 65 heavy (non-hydrogen) atoms. The Morgan fingerprint density at radius 3 is 1.71 bits per heavy atom. The van der Waals surface area contributed by atoms with Gasteiger partial charge in [-0.05, 0) is 115 Å². The second-order valence-corrected chi connectivity index (χ2v) is 29.6. The van der Waals surface area contributed by atoms with Crippen LogP contribution in [0.4, 0.5) is 0 Å². The number of thioether (sulfide) groups is 1. The third-order valence-corrected chi connectivity index (χ3v) is 22.7. The zero-order chi connectivity index (χ0) is 47.7. The number of methoxy groups -OCH3 is 1. The minimum atomic E-state index is -3.13. The van der Waals surface area contributed by atoms with Crippen LogP contribution in [-0.2, 0) is 36.3 Å². The number of allylic oxidation sites excluding steroid dienone is 1. The topological polar surface area (TPSA) is 55.4 Å². The minimum Gasteiger partial charge on any atom is -0.497 e. The van der Waals surface area contributed by atoms with Gasteiger partial charge in [-0.1, -0.05) is 168 Å². The SMILES string of the molecule is C/C=C(/C)[C@@H](C/C=C(\C)[C@@H](O[Si](c1ccccc1)(c1ccccc1)C(C)(C)C)[C@H](OCc1ccccc1)C(C/C=C(/C)COCc1ccc(OC)cc1)OCSC)O[Si](C)(C)C(C)(C)C. The molecule has 354 valence electrons. The molecule has 0 N–H and O–H groups in total. The van der Waals surface area contributed by atoms with E-state index >= 15 is 0 Å². The van der Waals surface area contributed by atoms with E-state index in [1.807, 2.05) is 30.3 Å². The van der Waals surface area contributed by atoms with Crippen LogP contribution in [0, 0.1) is 0 Å². The van der Waals surface area contributed by atoms with Crippen LogP contribution in [0.25, 0.3) is 0 Å². The Kier molecular flexibility index (Phi) is 21.3. The second kappa shape index (κ2) is 25.6. The largest absolute Gasteiger partial charge is 0.497 e. The summed E-state index contributed by atoms with van der Waals surface area (Å²) in [6, 6.07) is 40.3. The van der Waals surface area contributed by atoms with Crippen LogP contribution >= 0.6 is 11.8 Å². The van der Waals surface area contributed by atoms with E-state index in [1.165, 1.54) is 15.9 Å². The Hall–Kier alpha value is -3.52. The van der Waals surface area contributed by atoms with E-state index in [2.05, 4.69) is 192 Å². The van der Waals surface area contributed by atoms with E-state index in [9.17, 15) is 0 Å². The van der Waals surface area contributed by atoms with Gasteiger partial charge in [-0.3, -0.25) is 0 Å². The molecule has 4 aromatic rings. The highest BCUT2D eigenvalue weighted by atomic mass is 32.2. The van der Waals surface area contributed by atoms with Gasteiger partial charge in [0.25, 0.3) is 8.32 Å². The molecule has 4 aromatic carbocycles.